The molecule has 1 amide bonds. The topological polar surface area (TPSA) is 29.1 Å². The number of rotatable bonds is 4. The van der Waals surface area contributed by atoms with Gasteiger partial charge in [-0.15, -0.1) is 11.6 Å². The summed E-state index contributed by atoms with van der Waals surface area (Å²) in [5.74, 6) is 2.63. The molecule has 2 aliphatic rings. The number of amides is 1. The highest BCUT2D eigenvalue weighted by Gasteiger charge is 2.31. The number of carbonyl (C=O) groups excluding carboxylic acids is 1. The molecule has 0 aromatic carbocycles. The predicted octanol–water partition coefficient (Wildman–Crippen LogP) is 2.17. The Morgan fingerprint density at radius 1 is 1.21 bits per heavy atom. The van der Waals surface area contributed by atoms with E-state index in [4.69, 9.17) is 11.6 Å². The second kappa shape index (κ2) is 4.52. The molecule has 0 aromatic rings. The fraction of sp³-hybridized carbons (Fsp3) is 0.909. The van der Waals surface area contributed by atoms with E-state index < -0.39 is 0 Å². The van der Waals surface area contributed by atoms with E-state index in [1.807, 2.05) is 0 Å². The maximum atomic E-state index is 11.4. The molecule has 1 N–H and O–H groups in total. The molecular formula is C11H18ClNO. The highest BCUT2D eigenvalue weighted by atomic mass is 35.5. The minimum absolute atomic E-state index is 0.269. The molecule has 2 rings (SSSR count). The van der Waals surface area contributed by atoms with Crippen LogP contribution >= 0.6 is 11.6 Å². The van der Waals surface area contributed by atoms with Gasteiger partial charge in [-0.3, -0.25) is 4.79 Å². The Morgan fingerprint density at radius 2 is 1.93 bits per heavy atom. The van der Waals surface area contributed by atoms with Crippen molar-refractivity contribution in [2.75, 3.05) is 12.4 Å². The lowest BCUT2D eigenvalue weighted by molar-refractivity contribution is -0.122. The Hall–Kier alpha value is -0.240. The van der Waals surface area contributed by atoms with E-state index in [0.717, 1.165) is 25.3 Å². The van der Waals surface area contributed by atoms with Crippen LogP contribution in [-0.2, 0) is 4.79 Å². The molecule has 2 saturated carbocycles. The third-order valence-electron chi connectivity index (χ3n) is 3.50. The molecule has 0 spiro atoms. The summed E-state index contributed by atoms with van der Waals surface area (Å²) in [4.78, 5) is 11.4. The summed E-state index contributed by atoms with van der Waals surface area (Å²) in [6, 6.07) is 0. The van der Waals surface area contributed by atoms with Gasteiger partial charge < -0.3 is 5.32 Å². The van der Waals surface area contributed by atoms with Crippen molar-refractivity contribution < 1.29 is 4.79 Å². The van der Waals surface area contributed by atoms with Crippen molar-refractivity contribution >= 4 is 17.5 Å². The molecule has 0 saturated heterocycles. The first kappa shape index (κ1) is 10.3. The van der Waals surface area contributed by atoms with Crippen molar-refractivity contribution in [1.29, 1.82) is 0 Å². The summed E-state index contributed by atoms with van der Waals surface area (Å²) in [6.07, 6.45) is 5.95. The van der Waals surface area contributed by atoms with Crippen molar-refractivity contribution in [2.45, 2.75) is 32.1 Å². The SMILES string of the molecule is O=C(NCC1CCCC1CCl)C1CC1. The maximum Gasteiger partial charge on any atom is 0.223 e. The molecule has 2 nitrogen and oxygen atoms in total. The van der Waals surface area contributed by atoms with Gasteiger partial charge in [-0.25, -0.2) is 0 Å². The van der Waals surface area contributed by atoms with Crippen molar-refractivity contribution in [3.8, 4) is 0 Å². The van der Waals surface area contributed by atoms with Gasteiger partial charge in [-0.1, -0.05) is 6.42 Å². The number of nitrogens with one attached hydrogen (secondary N) is 1. The molecule has 0 aromatic heterocycles. The van der Waals surface area contributed by atoms with E-state index in [2.05, 4.69) is 5.32 Å². The first-order valence-corrected chi connectivity index (χ1v) is 6.18. The highest BCUT2D eigenvalue weighted by Crippen LogP contribution is 2.33. The van der Waals surface area contributed by atoms with E-state index in [0.29, 0.717) is 17.8 Å². The first-order valence-electron chi connectivity index (χ1n) is 5.65. The van der Waals surface area contributed by atoms with Crippen LogP contribution in [0.1, 0.15) is 32.1 Å². The fourth-order valence-corrected chi connectivity index (χ4v) is 2.71. The monoisotopic (exact) mass is 215 g/mol. The Balaban J connectivity index is 1.70. The summed E-state index contributed by atoms with van der Waals surface area (Å²) in [7, 11) is 0. The van der Waals surface area contributed by atoms with Gasteiger partial charge in [0.15, 0.2) is 0 Å². The molecule has 80 valence electrons. The van der Waals surface area contributed by atoms with Gasteiger partial charge in [0, 0.05) is 18.3 Å². The van der Waals surface area contributed by atoms with E-state index in [9.17, 15) is 4.79 Å². The van der Waals surface area contributed by atoms with Gasteiger partial charge in [0.2, 0.25) is 5.91 Å². The number of hydrogen-bond donors (Lipinski definition) is 1. The van der Waals surface area contributed by atoms with Crippen LogP contribution in [0.15, 0.2) is 0 Å². The first-order chi connectivity index (χ1) is 6.81. The second-order valence-corrected chi connectivity index (χ2v) is 4.93. The predicted molar refractivity (Wildman–Crippen MR) is 57.3 cm³/mol. The Labute approximate surface area is 90.4 Å². The van der Waals surface area contributed by atoms with Crippen LogP contribution in [0.3, 0.4) is 0 Å². The molecule has 0 aliphatic heterocycles. The number of hydrogen-bond acceptors (Lipinski definition) is 1. The Kier molecular flexibility index (Phi) is 3.32. The molecule has 3 heteroatoms. The molecule has 0 heterocycles. The van der Waals surface area contributed by atoms with Crippen LogP contribution < -0.4 is 5.32 Å². The van der Waals surface area contributed by atoms with Gasteiger partial charge >= 0.3 is 0 Å². The normalized spacial score (nSPS) is 31.8. The zero-order valence-corrected chi connectivity index (χ0v) is 9.22. The lowest BCUT2D eigenvalue weighted by atomic mass is 9.98. The molecule has 0 radical (unpaired) electrons. The fourth-order valence-electron chi connectivity index (χ4n) is 2.31. The van der Waals surface area contributed by atoms with Gasteiger partial charge in [-0.2, -0.15) is 0 Å². The average molecular weight is 216 g/mol. The summed E-state index contributed by atoms with van der Waals surface area (Å²) in [6.45, 7) is 0.854. The minimum Gasteiger partial charge on any atom is -0.356 e. The lowest BCUT2D eigenvalue weighted by Gasteiger charge is -2.17. The smallest absolute Gasteiger partial charge is 0.223 e. The number of carbonyl (C=O) groups is 1. The van der Waals surface area contributed by atoms with Crippen molar-refractivity contribution in [2.24, 2.45) is 17.8 Å². The molecule has 0 bridgehead atoms. The second-order valence-electron chi connectivity index (χ2n) is 4.62. The Bertz CT molecular complexity index is 215. The average Bonchev–Trinajstić information content (AvgIpc) is 2.94. The van der Waals surface area contributed by atoms with Crippen molar-refractivity contribution in [3.05, 3.63) is 0 Å². The van der Waals surface area contributed by atoms with Crippen LogP contribution in [0, 0.1) is 17.8 Å². The summed E-state index contributed by atoms with van der Waals surface area (Å²) < 4.78 is 0. The third-order valence-corrected chi connectivity index (χ3v) is 3.90. The molecule has 2 atom stereocenters. The Morgan fingerprint density at radius 3 is 2.57 bits per heavy atom. The van der Waals surface area contributed by atoms with Gasteiger partial charge in [0.05, 0.1) is 0 Å². The molecule has 2 unspecified atom stereocenters. The van der Waals surface area contributed by atoms with E-state index in [-0.39, 0.29) is 5.91 Å². The third kappa shape index (κ3) is 2.41. The van der Waals surface area contributed by atoms with Crippen LogP contribution in [-0.4, -0.2) is 18.3 Å². The summed E-state index contributed by atoms with van der Waals surface area (Å²) >= 11 is 5.88. The van der Waals surface area contributed by atoms with Crippen LogP contribution in [0.25, 0.3) is 0 Å². The van der Waals surface area contributed by atoms with Crippen molar-refractivity contribution in [3.63, 3.8) is 0 Å². The number of halogens is 1. The molecule has 2 fully saturated rings. The van der Waals surface area contributed by atoms with Crippen molar-refractivity contribution in [1.82, 2.24) is 5.32 Å². The van der Waals surface area contributed by atoms with E-state index >= 15 is 0 Å². The summed E-state index contributed by atoms with van der Waals surface area (Å²) in [5.41, 5.74) is 0. The maximum absolute atomic E-state index is 11.4. The molecular weight excluding hydrogens is 198 g/mol. The standard InChI is InChI=1S/C11H18ClNO/c12-6-9-2-1-3-10(9)7-13-11(14)8-4-5-8/h8-10H,1-7H2,(H,13,14). The number of alkyl halides is 1. The van der Waals surface area contributed by atoms with Crippen LogP contribution in [0.5, 0.6) is 0 Å². The quantitative estimate of drug-likeness (QED) is 0.716. The zero-order valence-electron chi connectivity index (χ0n) is 8.47. The summed E-state index contributed by atoms with van der Waals surface area (Å²) in [5, 5.41) is 3.05. The van der Waals surface area contributed by atoms with E-state index in [1.165, 1.54) is 19.3 Å². The van der Waals surface area contributed by atoms with Gasteiger partial charge in [0.25, 0.3) is 0 Å². The van der Waals surface area contributed by atoms with E-state index in [1.54, 1.807) is 0 Å². The molecule has 2 aliphatic carbocycles. The molecule has 14 heavy (non-hydrogen) atoms. The van der Waals surface area contributed by atoms with Crippen LogP contribution in [0.2, 0.25) is 0 Å². The van der Waals surface area contributed by atoms with Crippen LogP contribution in [0.4, 0.5) is 0 Å². The zero-order chi connectivity index (χ0) is 9.97. The highest BCUT2D eigenvalue weighted by molar-refractivity contribution is 6.18. The lowest BCUT2D eigenvalue weighted by Crippen LogP contribution is -2.32. The minimum atomic E-state index is 0.269. The van der Waals surface area contributed by atoms with Gasteiger partial charge in [-0.05, 0) is 37.5 Å². The van der Waals surface area contributed by atoms with Gasteiger partial charge in [0.1, 0.15) is 0 Å². The largest absolute Gasteiger partial charge is 0.356 e.